The number of aromatic nitrogens is 4. The molecule has 1 unspecified atom stereocenters. The molecule has 30 heavy (non-hydrogen) atoms. The topological polar surface area (TPSA) is 67.1 Å². The van der Waals surface area contributed by atoms with Gasteiger partial charge in [0.2, 0.25) is 0 Å². The molecule has 1 N–H and O–H groups in total. The van der Waals surface area contributed by atoms with E-state index in [0.29, 0.717) is 5.82 Å². The van der Waals surface area contributed by atoms with E-state index in [9.17, 15) is 5.11 Å². The average molecular weight is 484 g/mol. The minimum atomic E-state index is 0.204. The number of aryl methyl sites for hydroxylation is 1. The maximum atomic E-state index is 9.77. The van der Waals surface area contributed by atoms with Crippen LogP contribution in [0.15, 0.2) is 46.5 Å². The van der Waals surface area contributed by atoms with Crippen LogP contribution < -0.4 is 4.90 Å². The summed E-state index contributed by atoms with van der Waals surface area (Å²) in [7, 11) is 1.96. The van der Waals surface area contributed by atoms with Gasteiger partial charge in [-0.1, -0.05) is 30.3 Å². The van der Waals surface area contributed by atoms with Gasteiger partial charge in [0, 0.05) is 44.7 Å². The molecule has 154 valence electrons. The van der Waals surface area contributed by atoms with Crippen LogP contribution in [0, 0.1) is 5.92 Å². The van der Waals surface area contributed by atoms with Gasteiger partial charge in [-0.25, -0.2) is 15.0 Å². The van der Waals surface area contributed by atoms with Crippen LogP contribution in [0.4, 0.5) is 5.82 Å². The molecule has 5 rings (SSSR count). The number of imidazole rings is 1. The van der Waals surface area contributed by atoms with Crippen LogP contribution in [0.25, 0.3) is 33.0 Å². The molecule has 3 aromatic heterocycles. The summed E-state index contributed by atoms with van der Waals surface area (Å²) in [4.78, 5) is 17.7. The SMILES string of the molecule is Cn1ccnc1-c1nc(N2CCCC(CO)C2)c2c(-c3ccccc3)c(Br)sc2n1. The average Bonchev–Trinajstić information content (AvgIpc) is 3.35. The van der Waals surface area contributed by atoms with Crippen molar-refractivity contribution in [2.24, 2.45) is 13.0 Å². The van der Waals surface area contributed by atoms with Gasteiger partial charge in [0.1, 0.15) is 10.6 Å². The summed E-state index contributed by atoms with van der Waals surface area (Å²) in [5, 5.41) is 10.8. The van der Waals surface area contributed by atoms with E-state index in [0.717, 1.165) is 62.7 Å². The molecule has 4 aromatic rings. The van der Waals surface area contributed by atoms with Crippen LogP contribution in [-0.2, 0) is 7.05 Å². The fraction of sp³-hybridized carbons (Fsp3) is 0.318. The summed E-state index contributed by atoms with van der Waals surface area (Å²) in [6, 6.07) is 10.4. The molecule has 0 saturated carbocycles. The van der Waals surface area contributed by atoms with Crippen LogP contribution in [-0.4, -0.2) is 44.3 Å². The molecule has 6 nitrogen and oxygen atoms in total. The summed E-state index contributed by atoms with van der Waals surface area (Å²) in [5.41, 5.74) is 2.27. The molecule has 4 heterocycles. The number of nitrogens with zero attached hydrogens (tertiary/aromatic N) is 5. The Labute approximate surface area is 187 Å². The highest BCUT2D eigenvalue weighted by Crippen LogP contribution is 2.46. The number of hydrogen-bond acceptors (Lipinski definition) is 6. The number of rotatable bonds is 4. The number of anilines is 1. The van der Waals surface area contributed by atoms with Crippen LogP contribution in [0.5, 0.6) is 0 Å². The predicted molar refractivity (Wildman–Crippen MR) is 125 cm³/mol. The molecule has 1 saturated heterocycles. The number of fused-ring (bicyclic) bond motifs is 1. The second kappa shape index (κ2) is 8.09. The van der Waals surface area contributed by atoms with E-state index in [1.807, 2.05) is 23.9 Å². The highest BCUT2D eigenvalue weighted by Gasteiger charge is 2.27. The zero-order valence-electron chi connectivity index (χ0n) is 16.6. The molecular weight excluding hydrogens is 462 g/mol. The number of hydrogen-bond donors (Lipinski definition) is 1. The van der Waals surface area contributed by atoms with Gasteiger partial charge in [0.15, 0.2) is 11.6 Å². The maximum absolute atomic E-state index is 9.77. The van der Waals surface area contributed by atoms with Crippen molar-refractivity contribution in [1.29, 1.82) is 0 Å². The lowest BCUT2D eigenvalue weighted by Crippen LogP contribution is -2.37. The third-order valence-corrected chi connectivity index (χ3v) is 7.40. The Morgan fingerprint density at radius 2 is 2.07 bits per heavy atom. The van der Waals surface area contributed by atoms with Crippen LogP contribution in [0.2, 0.25) is 0 Å². The Hall–Kier alpha value is -2.29. The van der Waals surface area contributed by atoms with Crippen molar-refractivity contribution in [1.82, 2.24) is 19.5 Å². The molecule has 0 amide bonds. The molecule has 8 heteroatoms. The first-order chi connectivity index (χ1) is 14.7. The third kappa shape index (κ3) is 3.42. The van der Waals surface area contributed by atoms with Crippen LogP contribution in [0.3, 0.4) is 0 Å². The molecule has 1 aliphatic rings. The van der Waals surface area contributed by atoms with Crippen molar-refractivity contribution in [3.05, 3.63) is 46.5 Å². The van der Waals surface area contributed by atoms with Gasteiger partial charge >= 0.3 is 0 Å². The zero-order chi connectivity index (χ0) is 20.7. The molecule has 0 bridgehead atoms. The van der Waals surface area contributed by atoms with E-state index in [-0.39, 0.29) is 12.5 Å². The minimum absolute atomic E-state index is 0.204. The zero-order valence-corrected chi connectivity index (χ0v) is 19.0. The number of piperidine rings is 1. The minimum Gasteiger partial charge on any atom is -0.396 e. The Morgan fingerprint density at radius 1 is 1.23 bits per heavy atom. The van der Waals surface area contributed by atoms with Gasteiger partial charge in [-0.3, -0.25) is 0 Å². The molecule has 0 spiro atoms. The molecule has 1 fully saturated rings. The van der Waals surface area contributed by atoms with Crippen molar-refractivity contribution in [2.75, 3.05) is 24.6 Å². The second-order valence-electron chi connectivity index (χ2n) is 7.67. The lowest BCUT2D eigenvalue weighted by Gasteiger charge is -2.33. The molecular formula is C22H22BrN5OS. The number of aliphatic hydroxyl groups excluding tert-OH is 1. The first kappa shape index (κ1) is 19.7. The van der Waals surface area contributed by atoms with Crippen LogP contribution >= 0.6 is 27.3 Å². The molecule has 1 aromatic carbocycles. The first-order valence-corrected chi connectivity index (χ1v) is 11.7. The third-order valence-electron chi connectivity index (χ3n) is 5.65. The highest BCUT2D eigenvalue weighted by atomic mass is 79.9. The summed E-state index contributed by atoms with van der Waals surface area (Å²) in [5.74, 6) is 2.57. The number of thiophene rings is 1. The standard InChI is InChI=1S/C22H22BrN5OS/c1-27-11-9-24-21(27)19-25-20(28-10-5-6-14(12-28)13-29)17-16(15-7-3-2-4-8-15)18(23)30-22(17)26-19/h2-4,7-9,11,14,29H,5-6,10,12-13H2,1H3. The van der Waals surface area contributed by atoms with Crippen molar-refractivity contribution >= 4 is 43.3 Å². The van der Waals surface area contributed by atoms with E-state index in [1.165, 1.54) is 0 Å². The summed E-state index contributed by atoms with van der Waals surface area (Å²) >= 11 is 5.42. The molecule has 0 aliphatic carbocycles. The van der Waals surface area contributed by atoms with Crippen LogP contribution in [0.1, 0.15) is 12.8 Å². The van der Waals surface area contributed by atoms with Gasteiger partial charge in [0.05, 0.1) is 9.17 Å². The highest BCUT2D eigenvalue weighted by molar-refractivity contribution is 9.11. The number of halogens is 1. The second-order valence-corrected chi connectivity index (χ2v) is 9.98. The number of benzene rings is 1. The van der Waals surface area contributed by atoms with Gasteiger partial charge in [0.25, 0.3) is 0 Å². The Kier molecular flexibility index (Phi) is 5.30. The largest absolute Gasteiger partial charge is 0.396 e. The van der Waals surface area contributed by atoms with Gasteiger partial charge in [-0.05, 0) is 40.3 Å². The van der Waals surface area contributed by atoms with Crippen molar-refractivity contribution < 1.29 is 5.11 Å². The smallest absolute Gasteiger partial charge is 0.199 e. The quantitative estimate of drug-likeness (QED) is 0.454. The Balaban J connectivity index is 1.76. The van der Waals surface area contributed by atoms with E-state index in [4.69, 9.17) is 9.97 Å². The summed E-state index contributed by atoms with van der Waals surface area (Å²) < 4.78 is 2.99. The first-order valence-electron chi connectivity index (χ1n) is 10.0. The van der Waals surface area contributed by atoms with E-state index in [1.54, 1.807) is 17.5 Å². The molecule has 1 aliphatic heterocycles. The maximum Gasteiger partial charge on any atom is 0.199 e. The normalized spacial score (nSPS) is 17.0. The Morgan fingerprint density at radius 3 is 2.80 bits per heavy atom. The van der Waals surface area contributed by atoms with Gasteiger partial charge in [-0.15, -0.1) is 11.3 Å². The van der Waals surface area contributed by atoms with Crippen molar-refractivity contribution in [3.8, 4) is 22.8 Å². The fourth-order valence-corrected chi connectivity index (χ4v) is 5.94. The Bertz CT molecular complexity index is 1190. The molecule has 0 radical (unpaired) electrons. The van der Waals surface area contributed by atoms with Crippen molar-refractivity contribution in [3.63, 3.8) is 0 Å². The summed E-state index contributed by atoms with van der Waals surface area (Å²) in [6.45, 7) is 1.92. The van der Waals surface area contributed by atoms with E-state index < -0.39 is 0 Å². The van der Waals surface area contributed by atoms with Gasteiger partial charge in [-0.2, -0.15) is 0 Å². The predicted octanol–water partition coefficient (Wildman–Crippen LogP) is 4.73. The van der Waals surface area contributed by atoms with E-state index >= 15 is 0 Å². The van der Waals surface area contributed by atoms with Gasteiger partial charge < -0.3 is 14.6 Å². The lowest BCUT2D eigenvalue weighted by molar-refractivity contribution is 0.208. The fourth-order valence-electron chi connectivity index (χ4n) is 4.13. The summed E-state index contributed by atoms with van der Waals surface area (Å²) in [6.07, 6.45) is 5.77. The van der Waals surface area contributed by atoms with E-state index in [2.05, 4.69) is 50.1 Å². The monoisotopic (exact) mass is 483 g/mol. The lowest BCUT2D eigenvalue weighted by atomic mass is 9.98. The number of aliphatic hydroxyl groups is 1. The molecule has 1 atom stereocenters. The van der Waals surface area contributed by atoms with Crippen molar-refractivity contribution in [2.45, 2.75) is 12.8 Å².